The molecular formula is C34H47FIN5O. The number of halogens is 2. The van der Waals surface area contributed by atoms with Gasteiger partial charge in [0.15, 0.2) is 0 Å². The van der Waals surface area contributed by atoms with Gasteiger partial charge < -0.3 is 44.0 Å². The highest BCUT2D eigenvalue weighted by Gasteiger charge is 2.16. The molecule has 6 nitrogen and oxygen atoms in total. The maximum absolute atomic E-state index is 14.9. The molecule has 0 saturated carbocycles. The molecule has 0 bridgehead atoms. The van der Waals surface area contributed by atoms with Crippen LogP contribution in [0.25, 0.3) is 11.1 Å². The molecule has 0 aromatic heterocycles. The van der Waals surface area contributed by atoms with Gasteiger partial charge in [0.1, 0.15) is 5.82 Å². The number of benzene rings is 3. The lowest BCUT2D eigenvalue weighted by Gasteiger charge is -2.31. The Morgan fingerprint density at radius 3 is 2.57 bits per heavy atom. The summed E-state index contributed by atoms with van der Waals surface area (Å²) in [6, 6.07) is 21.5. The molecule has 1 amide bonds. The molecule has 1 atom stereocenters. The van der Waals surface area contributed by atoms with Crippen molar-refractivity contribution in [2.75, 3.05) is 60.9 Å². The van der Waals surface area contributed by atoms with Gasteiger partial charge in [-0.05, 0) is 66.6 Å². The van der Waals surface area contributed by atoms with Crippen LogP contribution in [-0.4, -0.2) is 87.1 Å². The summed E-state index contributed by atoms with van der Waals surface area (Å²) < 4.78 is 15.9. The van der Waals surface area contributed by atoms with Crippen molar-refractivity contribution in [3.63, 3.8) is 0 Å². The molecule has 1 saturated heterocycles. The van der Waals surface area contributed by atoms with Crippen molar-refractivity contribution in [3.8, 4) is 11.1 Å². The fraction of sp³-hybridized carbons (Fsp3) is 0.441. The number of carbonyl (C=O) groups excluding carboxylic acids is 1. The minimum Gasteiger partial charge on any atom is -1.00 e. The fourth-order valence-corrected chi connectivity index (χ4v) is 5.46. The van der Waals surface area contributed by atoms with Gasteiger partial charge in [0.2, 0.25) is 0 Å². The summed E-state index contributed by atoms with van der Waals surface area (Å²) in [5.41, 5.74) is 5.21. The Morgan fingerprint density at radius 1 is 1.05 bits per heavy atom. The van der Waals surface area contributed by atoms with Crippen molar-refractivity contribution in [2.45, 2.75) is 39.0 Å². The van der Waals surface area contributed by atoms with Gasteiger partial charge in [-0.2, -0.15) is 0 Å². The number of hydrogen-bond acceptors (Lipinski definition) is 4. The van der Waals surface area contributed by atoms with Gasteiger partial charge >= 0.3 is 0 Å². The second-order valence-corrected chi connectivity index (χ2v) is 12.6. The Morgan fingerprint density at radius 2 is 1.81 bits per heavy atom. The third-order valence-electron chi connectivity index (χ3n) is 7.59. The lowest BCUT2D eigenvalue weighted by Crippen LogP contribution is -3.00. The molecule has 8 heteroatoms. The van der Waals surface area contributed by atoms with E-state index in [1.54, 1.807) is 6.07 Å². The van der Waals surface area contributed by atoms with Crippen LogP contribution < -0.4 is 34.6 Å². The zero-order chi connectivity index (χ0) is 29.4. The molecule has 3 aromatic rings. The molecule has 1 heterocycles. The number of nitrogens with zero attached hydrogens (tertiary/aromatic N) is 3. The van der Waals surface area contributed by atoms with Gasteiger partial charge in [-0.25, -0.2) is 4.39 Å². The quantitative estimate of drug-likeness (QED) is 0.225. The number of quaternary nitrogens is 1. The Hall–Kier alpha value is -2.37. The van der Waals surface area contributed by atoms with Gasteiger partial charge in [-0.1, -0.05) is 36.4 Å². The fourth-order valence-electron chi connectivity index (χ4n) is 5.46. The van der Waals surface area contributed by atoms with Crippen LogP contribution in [-0.2, 0) is 19.6 Å². The van der Waals surface area contributed by atoms with Crippen LogP contribution in [0.5, 0.6) is 0 Å². The average Bonchev–Trinajstić information content (AvgIpc) is 2.92. The number of piperazine rings is 1. The zero-order valence-electron chi connectivity index (χ0n) is 25.8. The summed E-state index contributed by atoms with van der Waals surface area (Å²) in [7, 11) is 8.75. The van der Waals surface area contributed by atoms with Crippen LogP contribution in [0.15, 0.2) is 66.7 Å². The van der Waals surface area contributed by atoms with E-state index < -0.39 is 0 Å². The summed E-state index contributed by atoms with van der Waals surface area (Å²) in [4.78, 5) is 17.7. The Balaban J connectivity index is 0.00000484. The van der Waals surface area contributed by atoms with Gasteiger partial charge in [0.25, 0.3) is 5.91 Å². The average molecular weight is 688 g/mol. The third-order valence-corrected chi connectivity index (χ3v) is 7.59. The molecule has 228 valence electrons. The SMILES string of the molecule is C[C@H]1CN(Cc2cccc(-c3cc(CNC(=O)c4cccc(CN(C)CCC[N+](C)(C)C)c4)ccc3F)c2)CCN1.[I-]. The van der Waals surface area contributed by atoms with Gasteiger partial charge in [0, 0.05) is 69.4 Å². The van der Waals surface area contributed by atoms with E-state index >= 15 is 0 Å². The smallest absolute Gasteiger partial charge is 0.251 e. The molecule has 1 aliphatic rings. The number of amides is 1. The van der Waals surface area contributed by atoms with E-state index in [1.807, 2.05) is 36.4 Å². The normalized spacial score (nSPS) is 15.8. The third kappa shape index (κ3) is 10.7. The monoisotopic (exact) mass is 687 g/mol. The molecule has 0 spiro atoms. The van der Waals surface area contributed by atoms with Crippen LogP contribution in [0.2, 0.25) is 0 Å². The number of carbonyl (C=O) groups is 1. The first kappa shape index (κ1) is 34.1. The number of nitrogens with one attached hydrogen (secondary N) is 2. The van der Waals surface area contributed by atoms with Gasteiger partial charge in [-0.3, -0.25) is 9.69 Å². The van der Waals surface area contributed by atoms with Crippen molar-refractivity contribution in [3.05, 3.63) is 94.8 Å². The van der Waals surface area contributed by atoms with E-state index in [-0.39, 0.29) is 35.7 Å². The lowest BCUT2D eigenvalue weighted by atomic mass is 10.00. The molecule has 0 radical (unpaired) electrons. The molecule has 0 unspecified atom stereocenters. The lowest BCUT2D eigenvalue weighted by molar-refractivity contribution is -0.870. The topological polar surface area (TPSA) is 47.6 Å². The summed E-state index contributed by atoms with van der Waals surface area (Å²) in [5.74, 6) is -0.385. The molecule has 42 heavy (non-hydrogen) atoms. The Bertz CT molecular complexity index is 1310. The maximum atomic E-state index is 14.9. The summed E-state index contributed by atoms with van der Waals surface area (Å²) in [6.07, 6.45) is 1.12. The van der Waals surface area contributed by atoms with E-state index in [1.165, 1.54) is 11.6 Å². The molecule has 1 aliphatic heterocycles. The second kappa shape index (κ2) is 15.9. The highest BCUT2D eigenvalue weighted by Crippen LogP contribution is 2.26. The van der Waals surface area contributed by atoms with Crippen molar-refractivity contribution >= 4 is 5.91 Å². The van der Waals surface area contributed by atoms with E-state index in [2.05, 4.69) is 73.7 Å². The van der Waals surface area contributed by atoms with Crippen LogP contribution in [0.3, 0.4) is 0 Å². The van der Waals surface area contributed by atoms with Gasteiger partial charge in [-0.15, -0.1) is 0 Å². The zero-order valence-corrected chi connectivity index (χ0v) is 28.0. The van der Waals surface area contributed by atoms with E-state index in [9.17, 15) is 9.18 Å². The van der Waals surface area contributed by atoms with E-state index in [0.29, 0.717) is 23.7 Å². The predicted molar refractivity (Wildman–Crippen MR) is 166 cm³/mol. The first-order valence-corrected chi connectivity index (χ1v) is 14.8. The van der Waals surface area contributed by atoms with Crippen LogP contribution in [0.4, 0.5) is 4.39 Å². The number of hydrogen-bond donors (Lipinski definition) is 2. The van der Waals surface area contributed by atoms with Crippen molar-refractivity contribution in [2.24, 2.45) is 0 Å². The largest absolute Gasteiger partial charge is 1.00 e. The maximum Gasteiger partial charge on any atom is 0.251 e. The van der Waals surface area contributed by atoms with E-state index in [0.717, 1.165) is 73.4 Å². The predicted octanol–water partition coefficient (Wildman–Crippen LogP) is 1.75. The highest BCUT2D eigenvalue weighted by molar-refractivity contribution is 5.94. The minimum absolute atomic E-state index is 0. The number of rotatable bonds is 12. The van der Waals surface area contributed by atoms with Gasteiger partial charge in [0.05, 0.1) is 27.7 Å². The molecule has 2 N–H and O–H groups in total. The van der Waals surface area contributed by atoms with E-state index in [4.69, 9.17) is 0 Å². The highest BCUT2D eigenvalue weighted by atomic mass is 127. The Kier molecular flexibility index (Phi) is 12.9. The first-order chi connectivity index (χ1) is 19.6. The molecule has 0 aliphatic carbocycles. The first-order valence-electron chi connectivity index (χ1n) is 14.8. The second-order valence-electron chi connectivity index (χ2n) is 12.6. The van der Waals surface area contributed by atoms with Crippen LogP contribution in [0, 0.1) is 5.82 Å². The summed E-state index contributed by atoms with van der Waals surface area (Å²) in [5, 5.41) is 6.50. The van der Waals surface area contributed by atoms with Crippen LogP contribution >= 0.6 is 0 Å². The van der Waals surface area contributed by atoms with Crippen molar-refractivity contribution < 1.29 is 37.6 Å². The van der Waals surface area contributed by atoms with Crippen LogP contribution in [0.1, 0.15) is 40.4 Å². The van der Waals surface area contributed by atoms with Crippen molar-refractivity contribution in [1.29, 1.82) is 0 Å². The minimum atomic E-state index is -0.258. The van der Waals surface area contributed by atoms with Crippen molar-refractivity contribution in [1.82, 2.24) is 20.4 Å². The summed E-state index contributed by atoms with van der Waals surface area (Å²) >= 11 is 0. The molecular weight excluding hydrogens is 640 g/mol. The standard InChI is InChI=1S/C34H46FN5O.HI/c1-26-23-39(17-15-36-26)25-29-10-6-11-30(19-29)32-21-27(13-14-33(32)35)22-37-34(41)31-12-7-9-28(20-31)24-38(2)16-8-18-40(3,4)5;/h6-7,9-14,19-21,26,36H,8,15-18,22-25H2,1-5H3;1H/t26-;/m0./s1. The Labute approximate surface area is 268 Å². The molecule has 3 aromatic carbocycles. The molecule has 1 fully saturated rings. The summed E-state index contributed by atoms with van der Waals surface area (Å²) in [6.45, 7) is 9.32. The molecule has 4 rings (SSSR count).